The van der Waals surface area contributed by atoms with Gasteiger partial charge in [0, 0.05) is 43.8 Å². The molecule has 0 aliphatic carbocycles. The van der Waals surface area contributed by atoms with Crippen LogP contribution in [-0.4, -0.2) is 88.7 Å². The molecule has 6 atom stereocenters. The highest BCUT2D eigenvalue weighted by atomic mass is 32.1. The van der Waals surface area contributed by atoms with Crippen molar-refractivity contribution >= 4 is 40.9 Å². The number of rotatable bonds is 23. The van der Waals surface area contributed by atoms with Crippen LogP contribution < -0.4 is 21.9 Å². The van der Waals surface area contributed by atoms with E-state index in [4.69, 9.17) is 10.6 Å². The average molecular weight is 812 g/mol. The van der Waals surface area contributed by atoms with Crippen LogP contribution in [0.15, 0.2) is 29.6 Å². The van der Waals surface area contributed by atoms with Crippen molar-refractivity contribution in [2.45, 2.75) is 156 Å². The van der Waals surface area contributed by atoms with Gasteiger partial charge in [-0.2, -0.15) is 0 Å². The Balaban J connectivity index is 1.91. The molecule has 14 heteroatoms. The van der Waals surface area contributed by atoms with E-state index in [1.54, 1.807) is 5.38 Å². The van der Waals surface area contributed by atoms with E-state index < -0.39 is 24.0 Å². The normalized spacial score (nSPS) is 17.2. The molecule has 3 rings (SSSR count). The molecular formula is C43H69N7O6S. The Labute approximate surface area is 344 Å². The Morgan fingerprint density at radius 1 is 1.04 bits per heavy atom. The maximum absolute atomic E-state index is 14.8. The number of benzene rings is 1. The van der Waals surface area contributed by atoms with Crippen molar-refractivity contribution in [1.82, 2.24) is 30.8 Å². The van der Waals surface area contributed by atoms with Crippen molar-refractivity contribution in [3.63, 3.8) is 0 Å². The number of esters is 1. The molecule has 0 bridgehead atoms. The minimum absolute atomic E-state index is 0.0353. The first-order valence-electron chi connectivity index (χ1n) is 21.0. The third-order valence-electron chi connectivity index (χ3n) is 11.2. The van der Waals surface area contributed by atoms with E-state index >= 15 is 0 Å². The molecule has 0 unspecified atom stereocenters. The Morgan fingerprint density at radius 3 is 2.37 bits per heavy atom. The number of likely N-dealkylation sites (N-methyl/N-ethyl adjacent to an activating group) is 1. The summed E-state index contributed by atoms with van der Waals surface area (Å²) in [6.45, 7) is 15.0. The van der Waals surface area contributed by atoms with Crippen LogP contribution in [0.1, 0.15) is 145 Å². The number of likely N-dealkylation sites (tertiary alicyclic amines) is 1. The molecule has 0 radical (unpaired) electrons. The molecule has 1 aliphatic heterocycles. The summed E-state index contributed by atoms with van der Waals surface area (Å²) in [4.78, 5) is 75.5. The van der Waals surface area contributed by atoms with Crippen LogP contribution in [-0.2, 0) is 30.3 Å². The lowest BCUT2D eigenvalue weighted by atomic mass is 9.91. The van der Waals surface area contributed by atoms with E-state index in [0.717, 1.165) is 62.6 Å². The first-order valence-corrected chi connectivity index (χ1v) is 21.9. The molecule has 318 valence electrons. The standard InChI is InChI=1S/C43H69N7O6S/c1-9-11-12-14-24-50(43(55)39(30(6)10-2)47-41(54)35-16-13-15-23-49(35)8)36(28(3)4)26-37(56-31(7)51)42-46-34(27-57-42)40(53)45-33(21-22-38(52)48-44)25-32-19-17-29(5)18-20-32/h17-20,27-28,30,33,35-37,39H,9-16,21-26,44H2,1-8H3,(H,45,53)(H,47,54)(H,48,52)/t30-,33+,35+,36+,37+,39-/m0/s1. The van der Waals surface area contributed by atoms with Crippen LogP contribution in [0, 0.1) is 18.8 Å². The minimum atomic E-state index is -0.823. The van der Waals surface area contributed by atoms with Crippen molar-refractivity contribution in [3.05, 3.63) is 51.5 Å². The predicted molar refractivity (Wildman–Crippen MR) is 225 cm³/mol. The molecule has 1 aliphatic rings. The number of nitrogens with two attached hydrogens (primary N) is 1. The number of nitrogens with zero attached hydrogens (tertiary/aromatic N) is 3. The molecular weight excluding hydrogens is 743 g/mol. The lowest BCUT2D eigenvalue weighted by Gasteiger charge is -2.40. The molecule has 1 aromatic carbocycles. The van der Waals surface area contributed by atoms with Crippen molar-refractivity contribution < 1.29 is 28.7 Å². The zero-order valence-corrected chi connectivity index (χ0v) is 36.4. The average Bonchev–Trinajstić information content (AvgIpc) is 3.69. The van der Waals surface area contributed by atoms with Crippen LogP contribution in [0.3, 0.4) is 0 Å². The van der Waals surface area contributed by atoms with Crippen LogP contribution >= 0.6 is 11.3 Å². The second kappa shape index (κ2) is 24.1. The Hall–Kier alpha value is -3.88. The summed E-state index contributed by atoms with van der Waals surface area (Å²) in [6.07, 6.45) is 7.78. The summed E-state index contributed by atoms with van der Waals surface area (Å²) >= 11 is 1.23. The molecule has 0 saturated carbocycles. The number of carbonyl (C=O) groups excluding carboxylic acids is 5. The number of aromatic nitrogens is 1. The Bertz CT molecular complexity index is 1580. The molecule has 1 aromatic heterocycles. The maximum atomic E-state index is 14.8. The molecule has 1 fully saturated rings. The SMILES string of the molecule is CCCCCCN(C(=O)[C@@H](NC(=O)[C@H]1CCCCN1C)[C@@H](C)CC)[C@H](C[C@@H](OC(C)=O)c1nc(C(=O)N[C@H](CCC(=O)NN)Cc2ccc(C)cc2)cs1)C(C)C. The fourth-order valence-corrected chi connectivity index (χ4v) is 8.29. The molecule has 57 heavy (non-hydrogen) atoms. The number of ether oxygens (including phenoxy) is 1. The lowest BCUT2D eigenvalue weighted by Crippen LogP contribution is -2.59. The maximum Gasteiger partial charge on any atom is 0.303 e. The first-order chi connectivity index (χ1) is 27.2. The number of hydrogen-bond donors (Lipinski definition) is 4. The number of carbonyl (C=O) groups is 5. The number of unbranched alkanes of at least 4 members (excludes halogenated alkanes) is 3. The third-order valence-corrected chi connectivity index (χ3v) is 12.1. The molecule has 0 spiro atoms. The van der Waals surface area contributed by atoms with E-state index in [-0.39, 0.29) is 66.2 Å². The van der Waals surface area contributed by atoms with Gasteiger partial charge in [0.15, 0.2) is 6.10 Å². The highest BCUT2D eigenvalue weighted by Gasteiger charge is 2.38. The second-order valence-electron chi connectivity index (χ2n) is 16.1. The third kappa shape index (κ3) is 15.1. The zero-order chi connectivity index (χ0) is 42.1. The van der Waals surface area contributed by atoms with Gasteiger partial charge in [0.1, 0.15) is 16.7 Å². The van der Waals surface area contributed by atoms with Crippen molar-refractivity contribution in [2.75, 3.05) is 20.1 Å². The summed E-state index contributed by atoms with van der Waals surface area (Å²) in [6, 6.07) is 6.29. The predicted octanol–water partition coefficient (Wildman–Crippen LogP) is 6.01. The topological polar surface area (TPSA) is 176 Å². The number of aryl methyl sites for hydroxylation is 1. The van der Waals surface area contributed by atoms with Gasteiger partial charge < -0.3 is 20.3 Å². The van der Waals surface area contributed by atoms with Gasteiger partial charge in [-0.15, -0.1) is 11.3 Å². The van der Waals surface area contributed by atoms with Gasteiger partial charge in [0.05, 0.1) is 6.04 Å². The smallest absolute Gasteiger partial charge is 0.303 e. The number of thiazole rings is 1. The van der Waals surface area contributed by atoms with Gasteiger partial charge in [-0.3, -0.25) is 34.3 Å². The summed E-state index contributed by atoms with van der Waals surface area (Å²) in [5, 5.41) is 8.33. The minimum Gasteiger partial charge on any atom is -0.455 e. The summed E-state index contributed by atoms with van der Waals surface area (Å²) in [7, 11) is 1.97. The molecule has 5 N–H and O–H groups in total. The van der Waals surface area contributed by atoms with Gasteiger partial charge in [-0.05, 0) is 70.0 Å². The number of hydrogen-bond acceptors (Lipinski definition) is 10. The van der Waals surface area contributed by atoms with Crippen LogP contribution in [0.5, 0.6) is 0 Å². The number of piperidine rings is 1. The van der Waals surface area contributed by atoms with Crippen LogP contribution in [0.4, 0.5) is 0 Å². The van der Waals surface area contributed by atoms with Gasteiger partial charge in [-0.1, -0.05) is 96.6 Å². The van der Waals surface area contributed by atoms with Crippen molar-refractivity contribution in [2.24, 2.45) is 17.7 Å². The van der Waals surface area contributed by atoms with E-state index in [2.05, 4.69) is 46.7 Å². The van der Waals surface area contributed by atoms with Crippen LogP contribution in [0.25, 0.3) is 0 Å². The summed E-state index contributed by atoms with van der Waals surface area (Å²) < 4.78 is 5.92. The summed E-state index contributed by atoms with van der Waals surface area (Å²) in [5.74, 6) is 3.70. The van der Waals surface area contributed by atoms with Gasteiger partial charge in [0.25, 0.3) is 5.91 Å². The second-order valence-corrected chi connectivity index (χ2v) is 17.0. The Kier molecular flexibility index (Phi) is 20.1. The Morgan fingerprint density at radius 2 is 1.75 bits per heavy atom. The monoisotopic (exact) mass is 812 g/mol. The van der Waals surface area contributed by atoms with Gasteiger partial charge in [-0.25, -0.2) is 10.8 Å². The van der Waals surface area contributed by atoms with Gasteiger partial charge >= 0.3 is 5.97 Å². The largest absolute Gasteiger partial charge is 0.455 e. The lowest BCUT2D eigenvalue weighted by molar-refractivity contribution is -0.149. The van der Waals surface area contributed by atoms with E-state index in [1.807, 2.05) is 57.0 Å². The van der Waals surface area contributed by atoms with Crippen LogP contribution in [0.2, 0.25) is 0 Å². The molecule has 13 nitrogen and oxygen atoms in total. The first kappa shape index (κ1) is 47.5. The molecule has 2 heterocycles. The van der Waals surface area contributed by atoms with E-state index in [1.165, 1.54) is 18.3 Å². The van der Waals surface area contributed by atoms with E-state index in [9.17, 15) is 24.0 Å². The highest BCUT2D eigenvalue weighted by molar-refractivity contribution is 7.09. The number of nitrogens with one attached hydrogen (secondary N) is 3. The molecule has 2 aromatic rings. The highest BCUT2D eigenvalue weighted by Crippen LogP contribution is 2.32. The molecule has 4 amide bonds. The van der Waals surface area contributed by atoms with E-state index in [0.29, 0.717) is 30.8 Å². The van der Waals surface area contributed by atoms with Gasteiger partial charge in [0.2, 0.25) is 17.7 Å². The quantitative estimate of drug-likeness (QED) is 0.0345. The fraction of sp³-hybridized carbons (Fsp3) is 0.674. The summed E-state index contributed by atoms with van der Waals surface area (Å²) in [5.41, 5.74) is 4.45. The van der Waals surface area contributed by atoms with Crippen molar-refractivity contribution in [3.8, 4) is 0 Å². The number of amides is 4. The fourth-order valence-electron chi connectivity index (χ4n) is 7.45. The van der Waals surface area contributed by atoms with Crippen molar-refractivity contribution in [1.29, 1.82) is 0 Å². The zero-order valence-electron chi connectivity index (χ0n) is 35.6. The number of hydrazine groups is 1. The molecule has 1 saturated heterocycles.